The molecule has 3 aromatic carbocycles. The first-order chi connectivity index (χ1) is 14.1. The number of benzene rings is 3. The molecule has 1 aromatic heterocycles. The standard InChI is InChI=1S/C25H21ClN2O/c1-18-23(25(29)27-17-19-8-4-2-5-9-19)16-24(20-12-14-21(26)15-13-20)28(18)22-10-6-3-7-11-22/h2-16H,17H2,1H3,(H,27,29). The van der Waals surface area contributed by atoms with Crippen molar-refractivity contribution in [3.63, 3.8) is 0 Å². The largest absolute Gasteiger partial charge is 0.348 e. The molecule has 0 atom stereocenters. The molecule has 0 bridgehead atoms. The number of rotatable bonds is 5. The van der Waals surface area contributed by atoms with Gasteiger partial charge in [-0.1, -0.05) is 72.3 Å². The van der Waals surface area contributed by atoms with Crippen LogP contribution in [0, 0.1) is 6.92 Å². The first kappa shape index (κ1) is 19.0. The van der Waals surface area contributed by atoms with Gasteiger partial charge in [-0.15, -0.1) is 0 Å². The molecular formula is C25H21ClN2O. The fourth-order valence-electron chi connectivity index (χ4n) is 3.45. The molecule has 0 fully saturated rings. The highest BCUT2D eigenvalue weighted by molar-refractivity contribution is 6.30. The molecule has 0 spiro atoms. The van der Waals surface area contributed by atoms with Gasteiger partial charge < -0.3 is 9.88 Å². The summed E-state index contributed by atoms with van der Waals surface area (Å²) < 4.78 is 2.11. The molecule has 29 heavy (non-hydrogen) atoms. The van der Waals surface area contributed by atoms with Gasteiger partial charge in [-0.05, 0) is 48.4 Å². The summed E-state index contributed by atoms with van der Waals surface area (Å²) in [5, 5.41) is 3.72. The van der Waals surface area contributed by atoms with Crippen molar-refractivity contribution < 1.29 is 4.79 Å². The number of carbonyl (C=O) groups excluding carboxylic acids is 1. The van der Waals surface area contributed by atoms with Gasteiger partial charge in [0.15, 0.2) is 0 Å². The Bertz CT molecular complexity index is 1120. The molecule has 4 rings (SSSR count). The summed E-state index contributed by atoms with van der Waals surface area (Å²) in [5.41, 5.74) is 5.59. The summed E-state index contributed by atoms with van der Waals surface area (Å²) in [6, 6.07) is 29.6. The molecule has 0 saturated heterocycles. The van der Waals surface area contributed by atoms with Crippen LogP contribution >= 0.6 is 11.6 Å². The van der Waals surface area contributed by atoms with Crippen LogP contribution in [0.4, 0.5) is 0 Å². The second-order valence-corrected chi connectivity index (χ2v) is 7.31. The molecular weight excluding hydrogens is 380 g/mol. The number of nitrogens with zero attached hydrogens (tertiary/aromatic N) is 1. The lowest BCUT2D eigenvalue weighted by Crippen LogP contribution is -2.23. The maximum atomic E-state index is 13.0. The van der Waals surface area contributed by atoms with Crippen molar-refractivity contribution in [1.29, 1.82) is 0 Å². The normalized spacial score (nSPS) is 10.7. The highest BCUT2D eigenvalue weighted by atomic mass is 35.5. The number of hydrogen-bond donors (Lipinski definition) is 1. The van der Waals surface area contributed by atoms with E-state index in [1.165, 1.54) is 0 Å². The van der Waals surface area contributed by atoms with Crippen molar-refractivity contribution in [3.8, 4) is 16.9 Å². The van der Waals surface area contributed by atoms with E-state index in [0.29, 0.717) is 17.1 Å². The highest BCUT2D eigenvalue weighted by Gasteiger charge is 2.19. The minimum Gasteiger partial charge on any atom is -0.348 e. The summed E-state index contributed by atoms with van der Waals surface area (Å²) in [5.74, 6) is -0.0868. The molecule has 0 unspecified atom stereocenters. The number of hydrogen-bond acceptors (Lipinski definition) is 1. The third kappa shape index (κ3) is 4.10. The monoisotopic (exact) mass is 400 g/mol. The molecule has 0 saturated carbocycles. The number of amides is 1. The molecule has 4 aromatic rings. The van der Waals surface area contributed by atoms with Crippen LogP contribution < -0.4 is 5.32 Å². The number of nitrogens with one attached hydrogen (secondary N) is 1. The molecule has 0 aliphatic rings. The fraction of sp³-hybridized carbons (Fsp3) is 0.0800. The Morgan fingerprint density at radius 2 is 1.52 bits per heavy atom. The van der Waals surface area contributed by atoms with Crippen molar-refractivity contribution in [2.24, 2.45) is 0 Å². The van der Waals surface area contributed by atoms with Crippen LogP contribution in [0.5, 0.6) is 0 Å². The molecule has 3 nitrogen and oxygen atoms in total. The fourth-order valence-corrected chi connectivity index (χ4v) is 3.58. The average Bonchev–Trinajstić information content (AvgIpc) is 3.11. The third-order valence-corrected chi connectivity index (χ3v) is 5.19. The van der Waals surface area contributed by atoms with Crippen molar-refractivity contribution in [2.45, 2.75) is 13.5 Å². The van der Waals surface area contributed by atoms with E-state index in [1.807, 2.05) is 97.9 Å². The number of aromatic nitrogens is 1. The Morgan fingerprint density at radius 1 is 0.897 bits per heavy atom. The van der Waals surface area contributed by atoms with E-state index in [-0.39, 0.29) is 5.91 Å². The van der Waals surface area contributed by atoms with Gasteiger partial charge in [0.2, 0.25) is 0 Å². The maximum Gasteiger partial charge on any atom is 0.253 e. The summed E-state index contributed by atoms with van der Waals surface area (Å²) in [7, 11) is 0. The van der Waals surface area contributed by atoms with Crippen LogP contribution in [0.3, 0.4) is 0 Å². The third-order valence-electron chi connectivity index (χ3n) is 4.94. The van der Waals surface area contributed by atoms with Gasteiger partial charge in [0, 0.05) is 22.9 Å². The van der Waals surface area contributed by atoms with Gasteiger partial charge >= 0.3 is 0 Å². The Hall–Kier alpha value is -3.30. The molecule has 144 valence electrons. The van der Waals surface area contributed by atoms with Crippen molar-refractivity contribution >= 4 is 17.5 Å². The Balaban J connectivity index is 1.73. The summed E-state index contributed by atoms with van der Waals surface area (Å²) >= 11 is 6.07. The lowest BCUT2D eigenvalue weighted by atomic mass is 10.1. The van der Waals surface area contributed by atoms with E-state index in [2.05, 4.69) is 9.88 Å². The topological polar surface area (TPSA) is 34.0 Å². The lowest BCUT2D eigenvalue weighted by molar-refractivity contribution is 0.0950. The van der Waals surface area contributed by atoms with Crippen molar-refractivity contribution in [3.05, 3.63) is 113 Å². The minimum absolute atomic E-state index is 0.0868. The van der Waals surface area contributed by atoms with Crippen molar-refractivity contribution in [1.82, 2.24) is 9.88 Å². The predicted octanol–water partition coefficient (Wildman–Crippen LogP) is 6.04. The molecule has 1 amide bonds. The van der Waals surface area contributed by atoms with E-state index in [9.17, 15) is 4.79 Å². The predicted molar refractivity (Wildman–Crippen MR) is 119 cm³/mol. The highest BCUT2D eigenvalue weighted by Crippen LogP contribution is 2.30. The molecule has 1 heterocycles. The first-order valence-corrected chi connectivity index (χ1v) is 9.87. The van der Waals surface area contributed by atoms with Gasteiger partial charge in [-0.3, -0.25) is 4.79 Å². The van der Waals surface area contributed by atoms with Crippen LogP contribution in [0.15, 0.2) is 91.0 Å². The Labute approximate surface area is 175 Å². The maximum absolute atomic E-state index is 13.0. The van der Waals surface area contributed by atoms with Crippen LogP contribution in [0.1, 0.15) is 21.6 Å². The SMILES string of the molecule is Cc1c(C(=O)NCc2ccccc2)cc(-c2ccc(Cl)cc2)n1-c1ccccc1. The molecule has 0 radical (unpaired) electrons. The lowest BCUT2D eigenvalue weighted by Gasteiger charge is -2.12. The van der Waals surface area contributed by atoms with Crippen molar-refractivity contribution in [2.75, 3.05) is 0 Å². The summed E-state index contributed by atoms with van der Waals surface area (Å²) in [6.07, 6.45) is 0. The zero-order valence-electron chi connectivity index (χ0n) is 16.1. The first-order valence-electron chi connectivity index (χ1n) is 9.49. The second kappa shape index (κ2) is 8.38. The second-order valence-electron chi connectivity index (χ2n) is 6.87. The zero-order chi connectivity index (χ0) is 20.2. The van der Waals surface area contributed by atoms with E-state index < -0.39 is 0 Å². The smallest absolute Gasteiger partial charge is 0.253 e. The van der Waals surface area contributed by atoms with Gasteiger partial charge in [-0.2, -0.15) is 0 Å². The molecule has 1 N–H and O–H groups in total. The minimum atomic E-state index is -0.0868. The summed E-state index contributed by atoms with van der Waals surface area (Å²) in [6.45, 7) is 2.47. The number of halogens is 1. The van der Waals surface area contributed by atoms with Crippen LogP contribution in [-0.4, -0.2) is 10.5 Å². The molecule has 0 aliphatic heterocycles. The number of carbonyl (C=O) groups is 1. The average molecular weight is 401 g/mol. The molecule has 0 aliphatic carbocycles. The van der Waals surface area contributed by atoms with Gasteiger partial charge in [0.25, 0.3) is 5.91 Å². The number of para-hydroxylation sites is 1. The Kier molecular flexibility index (Phi) is 5.50. The van der Waals surface area contributed by atoms with Gasteiger partial charge in [0.1, 0.15) is 0 Å². The quantitative estimate of drug-likeness (QED) is 0.435. The van der Waals surface area contributed by atoms with Crippen LogP contribution in [0.25, 0.3) is 16.9 Å². The van der Waals surface area contributed by atoms with E-state index in [0.717, 1.165) is 28.2 Å². The van der Waals surface area contributed by atoms with Crippen LogP contribution in [-0.2, 0) is 6.54 Å². The summed E-state index contributed by atoms with van der Waals surface area (Å²) in [4.78, 5) is 13.0. The van der Waals surface area contributed by atoms with E-state index in [4.69, 9.17) is 11.6 Å². The van der Waals surface area contributed by atoms with E-state index in [1.54, 1.807) is 0 Å². The van der Waals surface area contributed by atoms with Gasteiger partial charge in [-0.25, -0.2) is 0 Å². The molecule has 4 heteroatoms. The zero-order valence-corrected chi connectivity index (χ0v) is 16.9. The van der Waals surface area contributed by atoms with E-state index >= 15 is 0 Å². The van der Waals surface area contributed by atoms with Crippen LogP contribution in [0.2, 0.25) is 5.02 Å². The van der Waals surface area contributed by atoms with Gasteiger partial charge in [0.05, 0.1) is 11.3 Å². The Morgan fingerprint density at radius 3 is 2.17 bits per heavy atom.